The molecule has 3 aromatic rings. The van der Waals surface area contributed by atoms with Crippen molar-refractivity contribution in [2.45, 2.75) is 52.4 Å². The van der Waals surface area contributed by atoms with Crippen LogP contribution < -0.4 is 0 Å². The maximum atomic E-state index is 11.4. The number of aliphatic hydroxyl groups is 1. The molecule has 2 aliphatic carbocycles. The molecule has 2 aliphatic rings. The third-order valence-electron chi connectivity index (χ3n) is 6.15. The molecule has 31 heavy (non-hydrogen) atoms. The average molecular weight is 591 g/mol. The maximum Gasteiger partial charge on any atom is 0.162 e. The SMILES string of the molecule is Cc1ccc2c(-c3[c-]cccc3)ncc(C)c2c1.O=C1CCCC2CCCC(O)=C12.[Ir]. The van der Waals surface area contributed by atoms with Crippen molar-refractivity contribution in [2.75, 3.05) is 0 Å². The Morgan fingerprint density at radius 3 is 2.52 bits per heavy atom. The molecular formula is C27H28IrNO2-. The van der Waals surface area contributed by atoms with E-state index < -0.39 is 0 Å². The molecule has 1 unspecified atom stereocenters. The van der Waals surface area contributed by atoms with Crippen molar-refractivity contribution in [3.05, 3.63) is 77.2 Å². The molecule has 1 aromatic heterocycles. The first-order chi connectivity index (χ1) is 14.5. The number of fused-ring (bicyclic) bond motifs is 2. The molecule has 4 heteroatoms. The van der Waals surface area contributed by atoms with Crippen LogP contribution in [-0.4, -0.2) is 15.9 Å². The van der Waals surface area contributed by atoms with Gasteiger partial charge in [-0.2, -0.15) is 0 Å². The van der Waals surface area contributed by atoms with Gasteiger partial charge in [-0.25, -0.2) is 0 Å². The van der Waals surface area contributed by atoms with Crippen molar-refractivity contribution in [1.29, 1.82) is 0 Å². The van der Waals surface area contributed by atoms with Crippen LogP contribution in [0.15, 0.2) is 60.0 Å². The van der Waals surface area contributed by atoms with Crippen LogP contribution in [0.25, 0.3) is 22.0 Å². The van der Waals surface area contributed by atoms with E-state index in [4.69, 9.17) is 0 Å². The van der Waals surface area contributed by atoms with Crippen LogP contribution in [0.2, 0.25) is 0 Å². The summed E-state index contributed by atoms with van der Waals surface area (Å²) in [6.07, 6.45) is 7.58. The van der Waals surface area contributed by atoms with Gasteiger partial charge in [0.2, 0.25) is 0 Å². The fourth-order valence-corrected chi connectivity index (χ4v) is 4.60. The molecule has 1 heterocycles. The number of carbonyl (C=O) groups is 1. The zero-order valence-electron chi connectivity index (χ0n) is 18.1. The standard InChI is InChI=1S/C17H14N.C10H14O2.Ir/c1-12-8-9-15-16(10-12)13(2)11-18-17(15)14-6-4-3-5-7-14;11-8-5-1-3-7-4-2-6-9(12)10(7)8;/h3-6,8-11H,1-2H3;7,11H,1-6H2;/q-1;;. The van der Waals surface area contributed by atoms with Gasteiger partial charge < -0.3 is 10.1 Å². The predicted octanol–water partition coefficient (Wildman–Crippen LogP) is 6.67. The zero-order chi connectivity index (χ0) is 21.1. The number of aromatic nitrogens is 1. The van der Waals surface area contributed by atoms with E-state index in [2.05, 4.69) is 49.2 Å². The number of hydrogen-bond acceptors (Lipinski definition) is 3. The van der Waals surface area contributed by atoms with Crippen LogP contribution in [-0.2, 0) is 24.9 Å². The topological polar surface area (TPSA) is 50.2 Å². The minimum Gasteiger partial charge on any atom is -0.512 e. The summed E-state index contributed by atoms with van der Waals surface area (Å²) in [7, 11) is 0. The zero-order valence-corrected chi connectivity index (χ0v) is 20.5. The first-order valence-corrected chi connectivity index (χ1v) is 10.8. The Morgan fingerprint density at radius 1 is 1.03 bits per heavy atom. The minimum absolute atomic E-state index is 0. The van der Waals surface area contributed by atoms with Crippen LogP contribution >= 0.6 is 0 Å². The number of rotatable bonds is 1. The van der Waals surface area contributed by atoms with E-state index in [1.54, 1.807) is 0 Å². The fourth-order valence-electron chi connectivity index (χ4n) is 4.60. The number of aliphatic hydroxyl groups excluding tert-OH is 1. The molecule has 0 amide bonds. The van der Waals surface area contributed by atoms with Crippen LogP contribution in [0.3, 0.4) is 0 Å². The van der Waals surface area contributed by atoms with Gasteiger partial charge in [0.1, 0.15) is 0 Å². The summed E-state index contributed by atoms with van der Waals surface area (Å²) in [6, 6.07) is 17.7. The summed E-state index contributed by atoms with van der Waals surface area (Å²) in [5.74, 6) is 0.972. The van der Waals surface area contributed by atoms with Crippen molar-refractivity contribution in [3.8, 4) is 11.3 Å². The Morgan fingerprint density at radius 2 is 1.81 bits per heavy atom. The van der Waals surface area contributed by atoms with E-state index in [9.17, 15) is 9.90 Å². The summed E-state index contributed by atoms with van der Waals surface area (Å²) in [4.78, 5) is 16.0. The molecule has 5 rings (SSSR count). The number of benzene rings is 2. The van der Waals surface area contributed by atoms with Crippen molar-refractivity contribution in [2.24, 2.45) is 5.92 Å². The van der Waals surface area contributed by atoms with Gasteiger partial charge in [-0.15, -0.1) is 35.9 Å². The van der Waals surface area contributed by atoms with E-state index >= 15 is 0 Å². The molecule has 1 atom stereocenters. The Balaban J connectivity index is 0.000000183. The summed E-state index contributed by atoms with van der Waals surface area (Å²) in [6.45, 7) is 4.22. The van der Waals surface area contributed by atoms with Gasteiger partial charge in [-0.05, 0) is 67.5 Å². The molecule has 3 nitrogen and oxygen atoms in total. The molecule has 163 valence electrons. The molecule has 1 N–H and O–H groups in total. The smallest absolute Gasteiger partial charge is 0.162 e. The molecule has 1 saturated carbocycles. The number of allylic oxidation sites excluding steroid dienone is 2. The van der Waals surface area contributed by atoms with Crippen LogP contribution in [0.4, 0.5) is 0 Å². The summed E-state index contributed by atoms with van der Waals surface area (Å²) in [5.41, 5.74) is 5.32. The number of ketones is 1. The predicted molar refractivity (Wildman–Crippen MR) is 121 cm³/mol. The third-order valence-corrected chi connectivity index (χ3v) is 6.15. The van der Waals surface area contributed by atoms with Crippen molar-refractivity contribution in [3.63, 3.8) is 0 Å². The molecule has 1 radical (unpaired) electrons. The van der Waals surface area contributed by atoms with Gasteiger partial charge in [0.25, 0.3) is 0 Å². The number of aryl methyl sites for hydroxylation is 2. The molecular weight excluding hydrogens is 563 g/mol. The molecule has 0 spiro atoms. The van der Waals surface area contributed by atoms with E-state index in [1.165, 1.54) is 21.9 Å². The minimum atomic E-state index is 0. The number of pyridine rings is 1. The van der Waals surface area contributed by atoms with E-state index in [0.29, 0.717) is 18.1 Å². The van der Waals surface area contributed by atoms with Gasteiger partial charge >= 0.3 is 0 Å². The number of carbonyl (C=O) groups excluding carboxylic acids is 1. The van der Waals surface area contributed by atoms with Gasteiger partial charge in [0, 0.05) is 44.7 Å². The number of nitrogens with zero attached hydrogens (tertiary/aromatic N) is 1. The molecule has 0 aliphatic heterocycles. The van der Waals surface area contributed by atoms with Crippen molar-refractivity contribution < 1.29 is 30.0 Å². The van der Waals surface area contributed by atoms with Crippen molar-refractivity contribution in [1.82, 2.24) is 4.98 Å². The van der Waals surface area contributed by atoms with E-state index in [1.807, 2.05) is 24.4 Å². The Bertz CT molecular complexity index is 1100. The number of hydrogen-bond donors (Lipinski definition) is 1. The Hall–Kier alpha value is -2.29. The summed E-state index contributed by atoms with van der Waals surface area (Å²) >= 11 is 0. The quantitative estimate of drug-likeness (QED) is 0.322. The number of Topliss-reactive ketones (excluding diaryl/α,β-unsaturated/α-hetero) is 1. The van der Waals surface area contributed by atoms with Crippen LogP contribution in [0, 0.1) is 25.8 Å². The molecule has 2 aromatic carbocycles. The Labute approximate surface area is 198 Å². The summed E-state index contributed by atoms with van der Waals surface area (Å²) < 4.78 is 0. The third kappa shape index (κ3) is 5.14. The van der Waals surface area contributed by atoms with Gasteiger partial charge in [-0.3, -0.25) is 4.79 Å². The van der Waals surface area contributed by atoms with Gasteiger partial charge in [0.15, 0.2) is 5.78 Å². The van der Waals surface area contributed by atoms with E-state index in [0.717, 1.165) is 48.9 Å². The second kappa shape index (κ2) is 10.3. The molecule has 0 saturated heterocycles. The fraction of sp³-hybridized carbons (Fsp3) is 0.333. The van der Waals surface area contributed by atoms with Gasteiger partial charge in [0.05, 0.1) is 5.76 Å². The van der Waals surface area contributed by atoms with Gasteiger partial charge in [-0.1, -0.05) is 23.8 Å². The first-order valence-electron chi connectivity index (χ1n) is 10.8. The van der Waals surface area contributed by atoms with Crippen molar-refractivity contribution >= 4 is 16.6 Å². The normalized spacial score (nSPS) is 18.0. The summed E-state index contributed by atoms with van der Waals surface area (Å²) in [5, 5.41) is 12.0. The maximum absolute atomic E-state index is 11.4. The largest absolute Gasteiger partial charge is 0.512 e. The second-order valence-electron chi connectivity index (χ2n) is 8.38. The molecule has 0 bridgehead atoms. The van der Waals surface area contributed by atoms with Crippen LogP contribution in [0.1, 0.15) is 49.7 Å². The molecule has 1 fully saturated rings. The average Bonchev–Trinajstić information content (AvgIpc) is 2.76. The van der Waals surface area contributed by atoms with Crippen LogP contribution in [0.5, 0.6) is 0 Å². The monoisotopic (exact) mass is 591 g/mol. The van der Waals surface area contributed by atoms with E-state index in [-0.39, 0.29) is 25.9 Å². The second-order valence-corrected chi connectivity index (χ2v) is 8.38. The Kier molecular flexibility index (Phi) is 7.80. The first kappa shape index (κ1) is 23.4.